The Morgan fingerprint density at radius 3 is 2.64 bits per heavy atom. The van der Waals surface area contributed by atoms with E-state index in [9.17, 15) is 4.79 Å². The molecule has 0 unspecified atom stereocenters. The van der Waals surface area contributed by atoms with E-state index in [4.69, 9.17) is 14.2 Å². The van der Waals surface area contributed by atoms with Crippen molar-refractivity contribution in [2.75, 3.05) is 33.0 Å². The number of aryl methyl sites for hydroxylation is 1. The van der Waals surface area contributed by atoms with E-state index in [1.807, 2.05) is 30.3 Å². The highest BCUT2D eigenvalue weighted by Gasteiger charge is 2.16. The number of carbonyl (C=O) groups is 1. The fourth-order valence-electron chi connectivity index (χ4n) is 3.94. The maximum Gasteiger partial charge on any atom is 0.260 e. The first-order chi connectivity index (χ1) is 16.2. The first-order valence-corrected chi connectivity index (χ1v) is 11.6. The minimum Gasteiger partial charge on any atom is -0.491 e. The zero-order chi connectivity index (χ0) is 22.9. The van der Waals surface area contributed by atoms with Gasteiger partial charge in [-0.25, -0.2) is 0 Å². The van der Waals surface area contributed by atoms with E-state index in [0.717, 1.165) is 24.2 Å². The van der Waals surface area contributed by atoms with Crippen molar-refractivity contribution in [2.45, 2.75) is 26.3 Å². The zero-order valence-electron chi connectivity index (χ0n) is 19.2. The molecule has 0 radical (unpaired) electrons. The molecule has 0 fully saturated rings. The molecule has 1 heterocycles. The molecule has 3 aromatic carbocycles. The van der Waals surface area contributed by atoms with Crippen LogP contribution in [0.2, 0.25) is 0 Å². The first kappa shape index (κ1) is 22.9. The van der Waals surface area contributed by atoms with E-state index < -0.39 is 0 Å². The standard InChI is InChI=1S/C28H31NO4/c1-2-22-11-12-27-25(18-22)19-23-7-6-8-24(17-23)20-29(13-14-31-15-16-32-27)28(30)21-33-26-9-4-3-5-10-26/h3-12,17-18H,2,13-16,19-21H2,1H3. The van der Waals surface area contributed by atoms with Gasteiger partial charge in [-0.2, -0.15) is 0 Å². The number of benzene rings is 3. The molecule has 33 heavy (non-hydrogen) atoms. The Balaban J connectivity index is 1.52. The van der Waals surface area contributed by atoms with Crippen LogP contribution in [-0.4, -0.2) is 43.8 Å². The number of hydrogen-bond donors (Lipinski definition) is 0. The largest absolute Gasteiger partial charge is 0.491 e. The smallest absolute Gasteiger partial charge is 0.260 e. The summed E-state index contributed by atoms with van der Waals surface area (Å²) in [7, 11) is 0. The van der Waals surface area contributed by atoms with Crippen LogP contribution in [-0.2, 0) is 28.9 Å². The first-order valence-electron chi connectivity index (χ1n) is 11.6. The van der Waals surface area contributed by atoms with Crippen molar-refractivity contribution in [2.24, 2.45) is 0 Å². The molecular formula is C28H31NO4. The summed E-state index contributed by atoms with van der Waals surface area (Å²) in [6.07, 6.45) is 1.77. The molecule has 2 bridgehead atoms. The predicted octanol–water partition coefficient (Wildman–Crippen LogP) is 4.66. The van der Waals surface area contributed by atoms with Crippen molar-refractivity contribution in [1.82, 2.24) is 4.90 Å². The van der Waals surface area contributed by atoms with Crippen LogP contribution in [0.4, 0.5) is 0 Å². The Morgan fingerprint density at radius 1 is 0.939 bits per heavy atom. The van der Waals surface area contributed by atoms with Gasteiger partial charge < -0.3 is 19.1 Å². The summed E-state index contributed by atoms with van der Waals surface area (Å²) >= 11 is 0. The number of fused-ring (bicyclic) bond motifs is 3. The minimum absolute atomic E-state index is 0.0000148. The van der Waals surface area contributed by atoms with Gasteiger partial charge in [-0.3, -0.25) is 4.79 Å². The molecule has 3 aromatic rings. The van der Waals surface area contributed by atoms with Crippen molar-refractivity contribution in [3.05, 3.63) is 95.1 Å². The Labute approximate surface area is 195 Å². The fourth-order valence-corrected chi connectivity index (χ4v) is 3.94. The second-order valence-electron chi connectivity index (χ2n) is 8.17. The number of carbonyl (C=O) groups excluding carboxylic acids is 1. The summed E-state index contributed by atoms with van der Waals surface area (Å²) in [6, 6.07) is 24.3. The lowest BCUT2D eigenvalue weighted by Gasteiger charge is -2.24. The lowest BCUT2D eigenvalue weighted by atomic mass is 9.99. The van der Waals surface area contributed by atoms with Gasteiger partial charge in [0.2, 0.25) is 0 Å². The number of ether oxygens (including phenoxy) is 3. The second kappa shape index (κ2) is 11.5. The van der Waals surface area contributed by atoms with E-state index in [1.165, 1.54) is 16.7 Å². The molecule has 0 atom stereocenters. The van der Waals surface area contributed by atoms with Crippen LogP contribution in [0, 0.1) is 0 Å². The topological polar surface area (TPSA) is 48.0 Å². The third-order valence-corrected chi connectivity index (χ3v) is 5.74. The highest BCUT2D eigenvalue weighted by molar-refractivity contribution is 5.77. The summed E-state index contributed by atoms with van der Waals surface area (Å²) in [5, 5.41) is 0. The van der Waals surface area contributed by atoms with Crippen molar-refractivity contribution in [3.63, 3.8) is 0 Å². The van der Waals surface area contributed by atoms with E-state index in [0.29, 0.717) is 38.7 Å². The van der Waals surface area contributed by atoms with Crippen LogP contribution in [0.25, 0.3) is 0 Å². The molecular weight excluding hydrogens is 414 g/mol. The van der Waals surface area contributed by atoms with Crippen LogP contribution in [0.3, 0.4) is 0 Å². The molecule has 0 N–H and O–H groups in total. The second-order valence-corrected chi connectivity index (χ2v) is 8.17. The van der Waals surface area contributed by atoms with Crippen LogP contribution >= 0.6 is 0 Å². The Bertz CT molecular complexity index is 1050. The van der Waals surface area contributed by atoms with Gasteiger partial charge in [0.05, 0.1) is 13.2 Å². The molecule has 5 nitrogen and oxygen atoms in total. The molecule has 1 aliphatic rings. The Morgan fingerprint density at radius 2 is 1.79 bits per heavy atom. The lowest BCUT2D eigenvalue weighted by Crippen LogP contribution is -2.37. The van der Waals surface area contributed by atoms with Crippen LogP contribution < -0.4 is 9.47 Å². The third kappa shape index (κ3) is 6.59. The van der Waals surface area contributed by atoms with Gasteiger partial charge in [-0.1, -0.05) is 61.5 Å². The van der Waals surface area contributed by atoms with Crippen molar-refractivity contribution in [1.29, 1.82) is 0 Å². The monoisotopic (exact) mass is 445 g/mol. The molecule has 1 aliphatic heterocycles. The molecule has 0 saturated heterocycles. The number of para-hydroxylation sites is 1. The van der Waals surface area contributed by atoms with E-state index in [-0.39, 0.29) is 12.5 Å². The molecule has 0 saturated carbocycles. The summed E-state index contributed by atoms with van der Waals surface area (Å²) in [5.41, 5.74) is 4.76. The maximum absolute atomic E-state index is 13.0. The molecule has 0 aromatic heterocycles. The van der Waals surface area contributed by atoms with Crippen LogP contribution in [0.5, 0.6) is 11.5 Å². The van der Waals surface area contributed by atoms with E-state index in [2.05, 4.69) is 49.4 Å². The zero-order valence-corrected chi connectivity index (χ0v) is 19.2. The van der Waals surface area contributed by atoms with Gasteiger partial charge in [-0.05, 0) is 46.9 Å². The summed E-state index contributed by atoms with van der Waals surface area (Å²) in [4.78, 5) is 14.8. The highest BCUT2D eigenvalue weighted by Crippen LogP contribution is 2.25. The number of rotatable bonds is 4. The number of amides is 1. The van der Waals surface area contributed by atoms with Crippen LogP contribution in [0.15, 0.2) is 72.8 Å². The summed E-state index contributed by atoms with van der Waals surface area (Å²) < 4.78 is 17.5. The average molecular weight is 446 g/mol. The molecule has 0 spiro atoms. The normalized spacial score (nSPS) is 14.5. The lowest BCUT2D eigenvalue weighted by molar-refractivity contribution is -0.134. The van der Waals surface area contributed by atoms with Crippen molar-refractivity contribution in [3.8, 4) is 11.5 Å². The molecule has 5 heteroatoms. The van der Waals surface area contributed by atoms with Gasteiger partial charge in [0, 0.05) is 19.5 Å². The molecule has 1 amide bonds. The summed E-state index contributed by atoms with van der Waals surface area (Å²) in [6.45, 7) is 4.57. The van der Waals surface area contributed by atoms with Crippen molar-refractivity contribution >= 4 is 5.91 Å². The molecule has 4 rings (SSSR count). The van der Waals surface area contributed by atoms with Crippen LogP contribution in [0.1, 0.15) is 29.2 Å². The Kier molecular flexibility index (Phi) is 7.99. The van der Waals surface area contributed by atoms with Gasteiger partial charge in [0.25, 0.3) is 5.91 Å². The van der Waals surface area contributed by atoms with Gasteiger partial charge in [-0.15, -0.1) is 0 Å². The van der Waals surface area contributed by atoms with E-state index in [1.54, 1.807) is 4.90 Å². The molecule has 0 aliphatic carbocycles. The van der Waals surface area contributed by atoms with Gasteiger partial charge >= 0.3 is 0 Å². The van der Waals surface area contributed by atoms with Gasteiger partial charge in [0.15, 0.2) is 6.61 Å². The number of nitrogens with zero attached hydrogens (tertiary/aromatic N) is 1. The SMILES string of the molecule is CCc1ccc2c(c1)Cc1cccc(c1)CN(C(=O)COc1ccccc1)CCOCCO2. The van der Waals surface area contributed by atoms with Gasteiger partial charge in [0.1, 0.15) is 18.1 Å². The summed E-state index contributed by atoms with van der Waals surface area (Å²) in [5.74, 6) is 1.54. The Hall–Kier alpha value is -3.31. The third-order valence-electron chi connectivity index (χ3n) is 5.74. The highest BCUT2D eigenvalue weighted by atomic mass is 16.5. The average Bonchev–Trinajstić information content (AvgIpc) is 2.85. The fraction of sp³-hybridized carbons (Fsp3) is 0.321. The quantitative estimate of drug-likeness (QED) is 0.586. The maximum atomic E-state index is 13.0. The van der Waals surface area contributed by atoms with Crippen molar-refractivity contribution < 1.29 is 19.0 Å². The number of hydrogen-bond acceptors (Lipinski definition) is 4. The van der Waals surface area contributed by atoms with E-state index >= 15 is 0 Å². The predicted molar refractivity (Wildman–Crippen MR) is 129 cm³/mol. The molecule has 172 valence electrons. The minimum atomic E-state index is -0.0610.